The Kier molecular flexibility index (Phi) is 4.86. The average molecular weight is 514 g/mol. The Bertz CT molecular complexity index is 2010. The van der Waals surface area contributed by atoms with E-state index in [0.29, 0.717) is 0 Å². The summed E-state index contributed by atoms with van der Waals surface area (Å²) in [6.45, 7) is 4.58. The fourth-order valence-corrected chi connectivity index (χ4v) is 6.51. The number of fused-ring (bicyclic) bond motifs is 6. The van der Waals surface area contributed by atoms with Gasteiger partial charge in [0.25, 0.3) is 0 Å². The third kappa shape index (κ3) is 3.24. The van der Waals surface area contributed by atoms with E-state index >= 15 is 0 Å². The Morgan fingerprint density at radius 2 is 1.10 bits per heavy atom. The Hall–Kier alpha value is -5.02. The zero-order chi connectivity index (χ0) is 26.8. The second-order valence-corrected chi connectivity index (χ2v) is 11.1. The molecule has 0 aliphatic heterocycles. The monoisotopic (exact) mass is 513 g/mol. The van der Waals surface area contributed by atoms with Crippen LogP contribution in [-0.2, 0) is 5.41 Å². The fourth-order valence-electron chi connectivity index (χ4n) is 6.51. The minimum absolute atomic E-state index is 0.206. The van der Waals surface area contributed by atoms with E-state index in [4.69, 9.17) is 9.97 Å². The van der Waals surface area contributed by atoms with Crippen molar-refractivity contribution in [1.82, 2.24) is 14.5 Å². The standard InChI is InChI=1S/C37H27N3/c1-37(2)30-17-9-6-16-29(30)35-33(37)34(38-36(39-35)25-12-4-3-5-13-25)24-20-22-26(23-21-24)40-31-18-10-7-14-27(31)28-15-8-11-19-32(28)40/h3-23H,1-2H3. The summed E-state index contributed by atoms with van der Waals surface area (Å²) in [7, 11) is 0. The highest BCUT2D eigenvalue weighted by atomic mass is 15.0. The topological polar surface area (TPSA) is 30.7 Å². The molecule has 0 bridgehead atoms. The summed E-state index contributed by atoms with van der Waals surface area (Å²) in [5.74, 6) is 0.758. The average Bonchev–Trinajstić information content (AvgIpc) is 3.47. The lowest BCUT2D eigenvalue weighted by Crippen LogP contribution is -2.17. The van der Waals surface area contributed by atoms with Crippen molar-refractivity contribution in [2.75, 3.05) is 0 Å². The molecular formula is C37H27N3. The maximum atomic E-state index is 5.24. The minimum Gasteiger partial charge on any atom is -0.309 e. The predicted octanol–water partition coefficient (Wildman–Crippen LogP) is 9.21. The van der Waals surface area contributed by atoms with Gasteiger partial charge in [-0.3, -0.25) is 0 Å². The van der Waals surface area contributed by atoms with Crippen LogP contribution in [0, 0.1) is 0 Å². The lowest BCUT2D eigenvalue weighted by atomic mass is 9.81. The summed E-state index contributed by atoms with van der Waals surface area (Å²) in [5, 5.41) is 2.53. The highest BCUT2D eigenvalue weighted by molar-refractivity contribution is 6.09. The summed E-state index contributed by atoms with van der Waals surface area (Å²) in [6, 6.07) is 45.1. The first kappa shape index (κ1) is 22.9. The van der Waals surface area contributed by atoms with Gasteiger partial charge in [-0.15, -0.1) is 0 Å². The molecule has 0 saturated heterocycles. The van der Waals surface area contributed by atoms with Crippen molar-refractivity contribution in [3.8, 4) is 39.6 Å². The number of para-hydroxylation sites is 2. The molecule has 0 amide bonds. The maximum absolute atomic E-state index is 5.24. The number of aromatic nitrogens is 3. The third-order valence-electron chi connectivity index (χ3n) is 8.40. The lowest BCUT2D eigenvalue weighted by Gasteiger charge is -2.24. The summed E-state index contributed by atoms with van der Waals surface area (Å²) in [4.78, 5) is 10.4. The zero-order valence-electron chi connectivity index (χ0n) is 22.5. The summed E-state index contributed by atoms with van der Waals surface area (Å²) < 4.78 is 2.36. The largest absolute Gasteiger partial charge is 0.309 e. The van der Waals surface area contributed by atoms with Crippen molar-refractivity contribution >= 4 is 21.8 Å². The first-order chi connectivity index (χ1) is 19.6. The molecule has 1 aliphatic carbocycles. The molecule has 2 heterocycles. The highest BCUT2D eigenvalue weighted by Crippen LogP contribution is 2.51. The third-order valence-corrected chi connectivity index (χ3v) is 8.40. The number of nitrogens with zero attached hydrogens (tertiary/aromatic N) is 3. The smallest absolute Gasteiger partial charge is 0.160 e. The van der Waals surface area contributed by atoms with Crippen LogP contribution < -0.4 is 0 Å². The molecule has 0 saturated carbocycles. The molecule has 0 radical (unpaired) electrons. The van der Waals surface area contributed by atoms with Crippen molar-refractivity contribution in [3.05, 3.63) is 139 Å². The van der Waals surface area contributed by atoms with E-state index in [0.717, 1.165) is 34.0 Å². The van der Waals surface area contributed by atoms with E-state index in [1.54, 1.807) is 0 Å². The number of hydrogen-bond acceptors (Lipinski definition) is 2. The Labute approximate surface area is 233 Å². The molecule has 3 heteroatoms. The van der Waals surface area contributed by atoms with Gasteiger partial charge in [-0.05, 0) is 29.8 Å². The second kappa shape index (κ2) is 8.49. The lowest BCUT2D eigenvalue weighted by molar-refractivity contribution is 0.658. The van der Waals surface area contributed by atoms with E-state index in [2.05, 4.69) is 128 Å². The molecule has 3 nitrogen and oxygen atoms in total. The Morgan fingerprint density at radius 1 is 0.525 bits per heavy atom. The van der Waals surface area contributed by atoms with Crippen LogP contribution in [0.25, 0.3) is 61.4 Å². The minimum atomic E-state index is -0.206. The summed E-state index contributed by atoms with van der Waals surface area (Å²) >= 11 is 0. The zero-order valence-corrected chi connectivity index (χ0v) is 22.5. The molecule has 0 N–H and O–H groups in total. The maximum Gasteiger partial charge on any atom is 0.160 e. The van der Waals surface area contributed by atoms with Crippen molar-refractivity contribution in [1.29, 1.82) is 0 Å². The van der Waals surface area contributed by atoms with Gasteiger partial charge in [-0.25, -0.2) is 9.97 Å². The number of rotatable bonds is 3. The van der Waals surface area contributed by atoms with Crippen LogP contribution in [0.5, 0.6) is 0 Å². The summed E-state index contributed by atoms with van der Waals surface area (Å²) in [6.07, 6.45) is 0. The van der Waals surface area contributed by atoms with E-state index < -0.39 is 0 Å². The van der Waals surface area contributed by atoms with Crippen LogP contribution in [-0.4, -0.2) is 14.5 Å². The Balaban J connectivity index is 1.34. The molecule has 0 atom stereocenters. The van der Waals surface area contributed by atoms with Crippen molar-refractivity contribution in [2.24, 2.45) is 0 Å². The van der Waals surface area contributed by atoms with Crippen LogP contribution >= 0.6 is 0 Å². The van der Waals surface area contributed by atoms with Gasteiger partial charge in [-0.1, -0.05) is 117 Å². The van der Waals surface area contributed by atoms with Crippen LogP contribution in [0.2, 0.25) is 0 Å². The molecule has 2 aromatic heterocycles. The molecule has 0 fully saturated rings. The predicted molar refractivity (Wildman–Crippen MR) is 165 cm³/mol. The quantitative estimate of drug-likeness (QED) is 0.236. The van der Waals surface area contributed by atoms with Crippen molar-refractivity contribution < 1.29 is 0 Å². The molecular weight excluding hydrogens is 486 g/mol. The van der Waals surface area contributed by atoms with E-state index in [1.165, 1.54) is 38.5 Å². The first-order valence-corrected chi connectivity index (χ1v) is 13.8. The van der Waals surface area contributed by atoms with E-state index in [1.807, 2.05) is 18.2 Å². The van der Waals surface area contributed by atoms with Crippen LogP contribution in [0.1, 0.15) is 25.0 Å². The Morgan fingerprint density at radius 3 is 1.80 bits per heavy atom. The second-order valence-electron chi connectivity index (χ2n) is 11.1. The number of hydrogen-bond donors (Lipinski definition) is 0. The molecule has 0 spiro atoms. The fraction of sp³-hybridized carbons (Fsp3) is 0.0811. The highest BCUT2D eigenvalue weighted by Gasteiger charge is 2.39. The van der Waals surface area contributed by atoms with Crippen molar-refractivity contribution in [3.63, 3.8) is 0 Å². The van der Waals surface area contributed by atoms with E-state index in [-0.39, 0.29) is 5.41 Å². The van der Waals surface area contributed by atoms with Crippen LogP contribution in [0.3, 0.4) is 0 Å². The van der Waals surface area contributed by atoms with Gasteiger partial charge in [0, 0.05) is 44.1 Å². The van der Waals surface area contributed by atoms with Gasteiger partial charge in [0.15, 0.2) is 5.82 Å². The molecule has 190 valence electrons. The normalized spacial score (nSPS) is 13.4. The first-order valence-electron chi connectivity index (χ1n) is 13.8. The molecule has 40 heavy (non-hydrogen) atoms. The van der Waals surface area contributed by atoms with Gasteiger partial charge in [0.1, 0.15) is 0 Å². The molecule has 1 aliphatic rings. The molecule has 5 aromatic carbocycles. The molecule has 8 rings (SSSR count). The van der Waals surface area contributed by atoms with E-state index in [9.17, 15) is 0 Å². The van der Waals surface area contributed by atoms with Gasteiger partial charge in [0.05, 0.1) is 22.4 Å². The summed E-state index contributed by atoms with van der Waals surface area (Å²) in [5.41, 5.74) is 11.2. The molecule has 0 unspecified atom stereocenters. The van der Waals surface area contributed by atoms with Gasteiger partial charge in [0.2, 0.25) is 0 Å². The van der Waals surface area contributed by atoms with Gasteiger partial charge in [-0.2, -0.15) is 0 Å². The van der Waals surface area contributed by atoms with Crippen molar-refractivity contribution in [2.45, 2.75) is 19.3 Å². The van der Waals surface area contributed by atoms with Gasteiger partial charge >= 0.3 is 0 Å². The van der Waals surface area contributed by atoms with Crippen LogP contribution in [0.4, 0.5) is 0 Å². The molecule has 7 aromatic rings. The number of benzene rings is 5. The van der Waals surface area contributed by atoms with Crippen LogP contribution in [0.15, 0.2) is 127 Å². The van der Waals surface area contributed by atoms with Gasteiger partial charge < -0.3 is 4.57 Å². The SMILES string of the molecule is CC1(C)c2ccccc2-c2nc(-c3ccccc3)nc(-c3ccc(-n4c5ccccc5c5ccccc54)cc3)c21.